The Morgan fingerprint density at radius 3 is 2.31 bits per heavy atom. The second-order valence-corrected chi connectivity index (χ2v) is 15.0. The van der Waals surface area contributed by atoms with E-state index >= 15 is 17.7 Å². The highest BCUT2D eigenvalue weighted by Gasteiger charge is 2.45. The molecule has 8 nitrogen and oxygen atoms in total. The summed E-state index contributed by atoms with van der Waals surface area (Å²) in [6.07, 6.45) is 11.3. The Balaban J connectivity index is 1.63. The van der Waals surface area contributed by atoms with E-state index in [1.54, 1.807) is 60.7 Å². The van der Waals surface area contributed by atoms with Gasteiger partial charge in [0.1, 0.15) is 24.6 Å². The van der Waals surface area contributed by atoms with E-state index in [0.717, 1.165) is 76.1 Å². The smallest absolute Gasteiger partial charge is 0.200 e. The first-order valence-corrected chi connectivity index (χ1v) is 17.8. The molecule has 0 bridgehead atoms. The topological polar surface area (TPSA) is 112 Å². The summed E-state index contributed by atoms with van der Waals surface area (Å²) in [6.45, 7) is 3.12. The third-order valence-corrected chi connectivity index (χ3v) is 12.8. The minimum atomic E-state index is -3.77. The predicted octanol–water partition coefficient (Wildman–Crippen LogP) is 6.62. The van der Waals surface area contributed by atoms with Gasteiger partial charge in [-0.1, -0.05) is 41.5 Å². The van der Waals surface area contributed by atoms with Crippen molar-refractivity contribution in [2.24, 2.45) is 5.11 Å². The van der Waals surface area contributed by atoms with Gasteiger partial charge >= 0.3 is 0 Å². The number of carboxylic acids is 1. The summed E-state index contributed by atoms with van der Waals surface area (Å²) in [5.41, 5.74) is 7.44. The lowest BCUT2D eigenvalue weighted by Crippen LogP contribution is -2.33. The fourth-order valence-corrected chi connectivity index (χ4v) is 10.4. The number of anilines is 1. The van der Waals surface area contributed by atoms with Gasteiger partial charge in [0, 0.05) is 81.3 Å². The van der Waals surface area contributed by atoms with Gasteiger partial charge in [0.25, 0.3) is 0 Å². The Morgan fingerprint density at radius 2 is 1.62 bits per heavy atom. The molecule has 0 N–H and O–H groups in total. The van der Waals surface area contributed by atoms with Crippen LogP contribution in [-0.2, 0) is 4.57 Å². The van der Waals surface area contributed by atoms with Crippen LogP contribution in [0.25, 0.3) is 16.0 Å². The molecule has 3 aliphatic heterocycles. The van der Waals surface area contributed by atoms with E-state index in [4.69, 9.17) is 5.53 Å². The maximum absolute atomic E-state index is 16.5. The third kappa shape index (κ3) is 5.09. The number of fused-ring (bicyclic) bond motifs is 2. The highest BCUT2D eigenvalue weighted by Crippen LogP contribution is 2.62. The van der Waals surface area contributed by atoms with Crippen molar-refractivity contribution in [2.45, 2.75) is 38.5 Å². The summed E-state index contributed by atoms with van der Waals surface area (Å²) >= 11 is 0. The molecule has 3 aromatic carbocycles. The molecular formula is C36H31F3N5O3P. The molecule has 48 heavy (non-hydrogen) atoms. The van der Waals surface area contributed by atoms with Crippen molar-refractivity contribution in [3.63, 3.8) is 0 Å². The van der Waals surface area contributed by atoms with Gasteiger partial charge in [0.2, 0.25) is 5.71 Å². The second kappa shape index (κ2) is 12.6. The van der Waals surface area contributed by atoms with Crippen LogP contribution < -0.4 is 20.6 Å². The molecule has 244 valence electrons. The lowest BCUT2D eigenvalue weighted by atomic mass is 9.86. The molecule has 1 unspecified atom stereocenters. The van der Waals surface area contributed by atoms with E-state index in [9.17, 15) is 9.90 Å². The summed E-state index contributed by atoms with van der Waals surface area (Å²) < 4.78 is 65.3. The molecule has 3 aromatic rings. The Hall–Kier alpha value is -4.85. The molecule has 0 aromatic heterocycles. The SMILES string of the molecule is [N-]=[N+]=Nc1c(F)c(F)c(C(=O)[O-])c(C2=C3C=CC(=[N+]4CCCCC4)C=C3P(=O)(c3ccccc3)c3cc(N4CCCCC4)ccc32)c1F. The van der Waals surface area contributed by atoms with E-state index in [-0.39, 0.29) is 16.7 Å². The zero-order chi connectivity index (χ0) is 33.6. The van der Waals surface area contributed by atoms with Crippen molar-refractivity contribution in [1.82, 2.24) is 0 Å². The van der Waals surface area contributed by atoms with E-state index in [0.29, 0.717) is 15.9 Å². The number of aromatic carboxylic acids is 1. The van der Waals surface area contributed by atoms with Crippen molar-refractivity contribution < 1.29 is 32.2 Å². The molecular weight excluding hydrogens is 638 g/mol. The number of rotatable bonds is 5. The molecule has 3 heterocycles. The van der Waals surface area contributed by atoms with Crippen LogP contribution in [0.5, 0.6) is 0 Å². The van der Waals surface area contributed by atoms with Crippen molar-refractivity contribution in [3.05, 3.63) is 122 Å². The Bertz CT molecular complexity index is 2090. The zero-order valence-corrected chi connectivity index (χ0v) is 26.9. The Labute approximate surface area is 275 Å². The maximum Gasteiger partial charge on any atom is 0.200 e. The van der Waals surface area contributed by atoms with Gasteiger partial charge in [0.05, 0.1) is 5.97 Å². The first-order valence-electron chi connectivity index (χ1n) is 16.1. The zero-order valence-electron chi connectivity index (χ0n) is 26.0. The molecule has 0 saturated carbocycles. The number of carbonyl (C=O) groups excluding carboxylic acids is 1. The third-order valence-electron chi connectivity index (χ3n) is 9.64. The lowest BCUT2D eigenvalue weighted by molar-refractivity contribution is -0.535. The van der Waals surface area contributed by atoms with Gasteiger partial charge < -0.3 is 19.4 Å². The summed E-state index contributed by atoms with van der Waals surface area (Å²) in [7, 11) is -3.77. The van der Waals surface area contributed by atoms with Crippen LogP contribution in [0.3, 0.4) is 0 Å². The average molecular weight is 670 g/mol. The number of azide groups is 1. The van der Waals surface area contributed by atoms with E-state index in [2.05, 4.69) is 19.5 Å². The molecule has 1 aliphatic carbocycles. The standard InChI is InChI=1S/C36H31F3N5O3P/c37-32-31(36(45)46)30(33(38)35(34(32)39)41-42-40)29-25-14-12-22(43-16-6-2-7-17-43)20-27(25)48(47,24-10-4-1-5-11-24)28-21-23(13-15-26(28)29)44-18-8-3-9-19-44/h1,4-5,10-15,20-21H,2-3,6-9,16-19H2. The molecule has 0 amide bonds. The summed E-state index contributed by atoms with van der Waals surface area (Å²) in [4.78, 5) is 17.1. The Morgan fingerprint density at radius 1 is 0.917 bits per heavy atom. The van der Waals surface area contributed by atoms with E-state index in [1.807, 2.05) is 6.07 Å². The molecule has 0 radical (unpaired) electrons. The first kappa shape index (κ1) is 31.7. The lowest BCUT2D eigenvalue weighted by Gasteiger charge is -2.36. The van der Waals surface area contributed by atoms with Gasteiger partial charge in [0.15, 0.2) is 18.8 Å². The quantitative estimate of drug-likeness (QED) is 0.0759. The normalized spacial score (nSPS) is 20.6. The summed E-state index contributed by atoms with van der Waals surface area (Å²) in [6, 6.07) is 14.1. The number of hydrogen-bond acceptors (Lipinski definition) is 5. The number of halogens is 3. The highest BCUT2D eigenvalue weighted by atomic mass is 31.2. The second-order valence-electron chi connectivity index (χ2n) is 12.3. The molecule has 7 rings (SSSR count). The van der Waals surface area contributed by atoms with E-state index < -0.39 is 47.4 Å². The Kier molecular flexibility index (Phi) is 8.36. The number of allylic oxidation sites excluding steroid dienone is 5. The average Bonchev–Trinajstić information content (AvgIpc) is 3.13. The number of carboxylic acid groups (broad SMARTS) is 1. The van der Waals surface area contributed by atoms with Gasteiger partial charge in [-0.15, -0.1) is 0 Å². The van der Waals surface area contributed by atoms with Crippen molar-refractivity contribution >= 4 is 46.4 Å². The monoisotopic (exact) mass is 669 g/mol. The van der Waals surface area contributed by atoms with Crippen LogP contribution in [0.1, 0.15) is 60.0 Å². The van der Waals surface area contributed by atoms with Crippen LogP contribution in [0, 0.1) is 17.5 Å². The molecule has 1 atom stereocenters. The van der Waals surface area contributed by atoms with E-state index in [1.165, 1.54) is 0 Å². The van der Waals surface area contributed by atoms with Gasteiger partial charge in [-0.2, -0.15) is 0 Å². The fourth-order valence-electron chi connectivity index (χ4n) is 7.35. The number of nitrogens with zero attached hydrogens (tertiary/aromatic N) is 5. The number of hydrogen-bond donors (Lipinski definition) is 0. The predicted molar refractivity (Wildman–Crippen MR) is 177 cm³/mol. The largest absolute Gasteiger partial charge is 0.545 e. The molecule has 12 heteroatoms. The van der Waals surface area contributed by atoms with Crippen molar-refractivity contribution in [3.8, 4) is 0 Å². The van der Waals surface area contributed by atoms with Gasteiger partial charge in [-0.25, -0.2) is 17.7 Å². The molecule has 4 aliphatic rings. The fraction of sp³-hybridized carbons (Fsp3) is 0.278. The summed E-state index contributed by atoms with van der Waals surface area (Å²) in [5.74, 6) is -7.58. The van der Waals surface area contributed by atoms with Crippen LogP contribution in [-0.4, -0.2) is 42.4 Å². The highest BCUT2D eigenvalue weighted by molar-refractivity contribution is 7.83. The van der Waals surface area contributed by atoms with Crippen LogP contribution in [0.4, 0.5) is 24.5 Å². The van der Waals surface area contributed by atoms with Crippen molar-refractivity contribution in [2.75, 3.05) is 31.1 Å². The van der Waals surface area contributed by atoms with Gasteiger partial charge in [-0.05, 0) is 60.6 Å². The molecule has 2 saturated heterocycles. The molecule has 2 fully saturated rings. The summed E-state index contributed by atoms with van der Waals surface area (Å²) in [5, 5.41) is 16.7. The molecule has 0 spiro atoms. The minimum absolute atomic E-state index is 0.109. The van der Waals surface area contributed by atoms with Gasteiger partial charge in [-0.3, -0.25) is 0 Å². The number of carbonyl (C=O) groups is 1. The van der Waals surface area contributed by atoms with Crippen LogP contribution >= 0.6 is 7.14 Å². The van der Waals surface area contributed by atoms with Crippen LogP contribution in [0.2, 0.25) is 0 Å². The van der Waals surface area contributed by atoms with Crippen LogP contribution in [0.15, 0.2) is 82.8 Å². The van der Waals surface area contributed by atoms with Crippen molar-refractivity contribution in [1.29, 1.82) is 0 Å². The number of piperidine rings is 2. The maximum atomic E-state index is 16.5. The minimum Gasteiger partial charge on any atom is -0.545 e. The number of benzene rings is 3. The first-order chi connectivity index (χ1) is 23.3.